The molecule has 0 N–H and O–H groups in total. The van der Waals surface area contributed by atoms with Crippen LogP contribution in [0.4, 0.5) is 0 Å². The lowest BCUT2D eigenvalue weighted by molar-refractivity contribution is 0.611. The molecule has 0 aliphatic heterocycles. The van der Waals surface area contributed by atoms with Crippen LogP contribution in [0.5, 0.6) is 0 Å². The van der Waals surface area contributed by atoms with Gasteiger partial charge in [0.15, 0.2) is 0 Å². The molecule has 96 valence electrons. The average Bonchev–Trinajstić information content (AvgIpc) is 2.14. The van der Waals surface area contributed by atoms with Crippen molar-refractivity contribution in [1.82, 2.24) is 0 Å². The topological polar surface area (TPSA) is 63.6 Å². The van der Waals surface area contributed by atoms with Crippen LogP contribution in [0.25, 0.3) is 0 Å². The Morgan fingerprint density at radius 3 is 2.00 bits per heavy atom. The molecular weight excluding hydrogens is 329 g/mol. The summed E-state index contributed by atoms with van der Waals surface area (Å²) < 4.78 is 37.4. The van der Waals surface area contributed by atoms with Crippen LogP contribution in [0.15, 0.2) is 26.9 Å². The zero-order valence-corrected chi connectivity index (χ0v) is 12.5. The first-order valence-electron chi connectivity index (χ1n) is 4.34. The maximum absolute atomic E-state index is 12.4. The van der Waals surface area contributed by atoms with Crippen molar-refractivity contribution in [3.8, 4) is 0 Å². The zero-order valence-electron chi connectivity index (χ0n) is 8.56. The third kappa shape index (κ3) is 3.72. The van der Waals surface area contributed by atoms with Gasteiger partial charge in [-0.1, -0.05) is 40.0 Å². The monoisotopic (exact) mass is 335 g/mol. The van der Waals surface area contributed by atoms with Gasteiger partial charge in [0, 0.05) is 16.4 Å². The lowest BCUT2D eigenvalue weighted by atomic mass is 10.4. The van der Waals surface area contributed by atoms with E-state index in [-0.39, 0.29) is 20.7 Å². The summed E-state index contributed by atoms with van der Waals surface area (Å²) in [7, 11) is -2.56. The number of nitrogens with zero attached hydrogens (tertiary/aromatic N) is 1. The minimum absolute atomic E-state index is 0.00458. The van der Waals surface area contributed by atoms with Crippen LogP contribution >= 0.6 is 33.9 Å². The predicted molar refractivity (Wildman–Crippen MR) is 70.6 cm³/mol. The van der Waals surface area contributed by atoms with Gasteiger partial charge in [0.2, 0.25) is 0 Å². The van der Waals surface area contributed by atoms with Crippen molar-refractivity contribution in [3.05, 3.63) is 28.2 Å². The van der Waals surface area contributed by atoms with Gasteiger partial charge >= 0.3 is 9.24 Å². The van der Waals surface area contributed by atoms with Crippen molar-refractivity contribution in [2.24, 2.45) is 3.77 Å². The van der Waals surface area contributed by atoms with E-state index < -0.39 is 19.0 Å². The Morgan fingerprint density at radius 2 is 1.65 bits per heavy atom. The first-order valence-corrected chi connectivity index (χ1v) is 9.05. The second-order valence-corrected chi connectivity index (χ2v) is 8.64. The van der Waals surface area contributed by atoms with E-state index in [4.69, 9.17) is 33.9 Å². The lowest BCUT2D eigenvalue weighted by Crippen LogP contribution is -2.07. The van der Waals surface area contributed by atoms with Gasteiger partial charge in [0.25, 0.3) is 0 Å². The molecule has 0 radical (unpaired) electrons. The minimum atomic E-state index is -4.27. The van der Waals surface area contributed by atoms with Crippen LogP contribution in [0.2, 0.25) is 10.0 Å². The highest BCUT2D eigenvalue weighted by Gasteiger charge is 2.21. The Hall–Kier alpha value is -0.0100. The number of hydrogen-bond donors (Lipinski definition) is 0. The summed E-state index contributed by atoms with van der Waals surface area (Å²) in [6.45, 7) is 1.51. The Balaban J connectivity index is 3.71. The Kier molecular flexibility index (Phi) is 4.71. The molecule has 0 saturated heterocycles. The molecule has 0 fully saturated rings. The molecule has 1 atom stereocenters. The van der Waals surface area contributed by atoms with Crippen LogP contribution in [0, 0.1) is 0 Å². The fourth-order valence-electron chi connectivity index (χ4n) is 1.17. The van der Waals surface area contributed by atoms with Crippen molar-refractivity contribution in [2.75, 3.05) is 5.75 Å². The van der Waals surface area contributed by atoms with Gasteiger partial charge in [-0.3, -0.25) is 0 Å². The quantitative estimate of drug-likeness (QED) is 0.795. The van der Waals surface area contributed by atoms with Gasteiger partial charge in [0.1, 0.15) is 0 Å². The van der Waals surface area contributed by atoms with Crippen LogP contribution in [0.3, 0.4) is 0 Å². The number of halogens is 3. The minimum Gasteiger partial charge on any atom is -0.244 e. The highest BCUT2D eigenvalue weighted by atomic mass is 35.7. The number of hydrogen-bond acceptors (Lipinski definition) is 3. The summed E-state index contributed by atoms with van der Waals surface area (Å²) in [6, 6.07) is 4.46. The molecule has 0 aromatic heterocycles. The SMILES string of the molecule is CC[S@](=O)(=NS(=O)(=O)Cl)c1c(Cl)cccc1Cl. The molecule has 1 aromatic carbocycles. The van der Waals surface area contributed by atoms with E-state index in [0.717, 1.165) is 0 Å². The van der Waals surface area contributed by atoms with Gasteiger partial charge in [-0.2, -0.15) is 8.42 Å². The summed E-state index contributed by atoms with van der Waals surface area (Å²) in [5.74, 6) is -0.0671. The number of rotatable bonds is 3. The van der Waals surface area contributed by atoms with E-state index in [2.05, 4.69) is 3.77 Å². The molecule has 0 bridgehead atoms. The Morgan fingerprint density at radius 1 is 1.18 bits per heavy atom. The second-order valence-electron chi connectivity index (χ2n) is 2.97. The molecule has 1 rings (SSSR count). The summed E-state index contributed by atoms with van der Waals surface area (Å²) in [4.78, 5) is -0.00458. The molecule has 0 heterocycles. The van der Waals surface area contributed by atoms with E-state index in [1.165, 1.54) is 19.1 Å². The molecule has 4 nitrogen and oxygen atoms in total. The van der Waals surface area contributed by atoms with Gasteiger partial charge in [-0.25, -0.2) is 4.21 Å². The molecule has 0 aliphatic carbocycles. The average molecular weight is 337 g/mol. The third-order valence-electron chi connectivity index (χ3n) is 1.84. The molecule has 17 heavy (non-hydrogen) atoms. The van der Waals surface area contributed by atoms with Crippen molar-refractivity contribution in [2.45, 2.75) is 11.8 Å². The van der Waals surface area contributed by atoms with Gasteiger partial charge < -0.3 is 0 Å². The molecule has 9 heteroatoms. The van der Waals surface area contributed by atoms with E-state index >= 15 is 0 Å². The van der Waals surface area contributed by atoms with Crippen molar-refractivity contribution >= 4 is 52.9 Å². The first kappa shape index (κ1) is 15.0. The highest BCUT2D eigenvalue weighted by molar-refractivity contribution is 8.17. The fraction of sp³-hybridized carbons (Fsp3) is 0.250. The smallest absolute Gasteiger partial charge is 0.244 e. The summed E-state index contributed by atoms with van der Waals surface area (Å²) >= 11 is 11.7. The van der Waals surface area contributed by atoms with Crippen molar-refractivity contribution < 1.29 is 12.6 Å². The van der Waals surface area contributed by atoms with Crippen LogP contribution in [-0.2, 0) is 19.0 Å². The van der Waals surface area contributed by atoms with Gasteiger partial charge in [-0.05, 0) is 12.1 Å². The van der Waals surface area contributed by atoms with Crippen molar-refractivity contribution in [3.63, 3.8) is 0 Å². The molecule has 1 aromatic rings. The largest absolute Gasteiger partial charge is 0.347 e. The second kappa shape index (κ2) is 5.32. The predicted octanol–water partition coefficient (Wildman–Crippen LogP) is 3.32. The Labute approximate surface area is 115 Å². The van der Waals surface area contributed by atoms with Crippen LogP contribution in [0.1, 0.15) is 6.92 Å². The molecule has 0 aliphatic rings. The highest BCUT2D eigenvalue weighted by Crippen LogP contribution is 2.32. The van der Waals surface area contributed by atoms with Crippen LogP contribution < -0.4 is 0 Å². The fourth-order valence-corrected chi connectivity index (χ4v) is 6.01. The normalized spacial score (nSPS) is 15.3. The van der Waals surface area contributed by atoms with Gasteiger partial charge in [0.05, 0.1) is 24.7 Å². The molecule has 0 spiro atoms. The Bertz CT molecular complexity index is 628. The number of benzene rings is 1. The van der Waals surface area contributed by atoms with Crippen LogP contribution in [-0.4, -0.2) is 18.4 Å². The third-order valence-corrected chi connectivity index (χ3v) is 6.74. The maximum Gasteiger partial charge on any atom is 0.347 e. The summed E-state index contributed by atoms with van der Waals surface area (Å²) in [5, 5.41) is 0.182. The molecule has 0 saturated carbocycles. The van der Waals surface area contributed by atoms with E-state index in [1.54, 1.807) is 6.07 Å². The zero-order chi connectivity index (χ0) is 13.3. The molecule has 0 unspecified atom stereocenters. The van der Waals surface area contributed by atoms with E-state index in [9.17, 15) is 12.6 Å². The summed E-state index contributed by atoms with van der Waals surface area (Å²) in [5.41, 5.74) is 0. The standard InChI is InChI=1S/C8H8Cl3NO3S2/c1-2-16(13,12-17(11,14)15)8-6(9)4-3-5-7(8)10/h3-5H,2H2,1H3/t16-/m1/s1. The van der Waals surface area contributed by atoms with E-state index in [0.29, 0.717) is 0 Å². The van der Waals surface area contributed by atoms with Gasteiger partial charge in [-0.15, -0.1) is 0 Å². The maximum atomic E-state index is 12.4. The van der Waals surface area contributed by atoms with E-state index in [1.807, 2.05) is 0 Å². The lowest BCUT2D eigenvalue weighted by Gasteiger charge is -2.10. The molecule has 0 amide bonds. The summed E-state index contributed by atoms with van der Waals surface area (Å²) in [6.07, 6.45) is 0. The first-order chi connectivity index (χ1) is 7.69. The van der Waals surface area contributed by atoms with Crippen molar-refractivity contribution in [1.29, 1.82) is 0 Å². The molecular formula is C8H8Cl3NO3S2.